The molecule has 126 valence electrons. The third kappa shape index (κ3) is 2.68. The summed E-state index contributed by atoms with van der Waals surface area (Å²) < 4.78 is 5.47. The van der Waals surface area contributed by atoms with E-state index >= 15 is 0 Å². The van der Waals surface area contributed by atoms with Gasteiger partial charge in [0.1, 0.15) is 5.76 Å². The van der Waals surface area contributed by atoms with E-state index in [4.69, 9.17) is 4.42 Å². The van der Waals surface area contributed by atoms with E-state index in [-0.39, 0.29) is 11.9 Å². The van der Waals surface area contributed by atoms with Gasteiger partial charge in [-0.3, -0.25) is 4.79 Å². The molecule has 1 amide bonds. The zero-order valence-electron chi connectivity index (χ0n) is 14.2. The first-order valence-corrected chi connectivity index (χ1v) is 8.70. The molecule has 1 saturated carbocycles. The van der Waals surface area contributed by atoms with Crippen LogP contribution in [0.15, 0.2) is 35.1 Å². The van der Waals surface area contributed by atoms with Crippen LogP contribution >= 0.6 is 0 Å². The molecule has 1 aliphatic carbocycles. The van der Waals surface area contributed by atoms with Crippen LogP contribution in [0.2, 0.25) is 0 Å². The number of rotatable bonds is 3. The summed E-state index contributed by atoms with van der Waals surface area (Å²) in [4.78, 5) is 21.4. The Labute approximate surface area is 142 Å². The smallest absolute Gasteiger partial charge is 0.276 e. The summed E-state index contributed by atoms with van der Waals surface area (Å²) in [6, 6.07) is 8.57. The van der Waals surface area contributed by atoms with Crippen LogP contribution < -0.4 is 4.90 Å². The van der Waals surface area contributed by atoms with E-state index in [2.05, 4.69) is 48.0 Å². The average molecular weight is 325 g/mol. The highest BCUT2D eigenvalue weighted by Gasteiger charge is 2.36. The van der Waals surface area contributed by atoms with Crippen LogP contribution in [0.3, 0.4) is 0 Å². The van der Waals surface area contributed by atoms with E-state index in [1.165, 1.54) is 17.6 Å². The van der Waals surface area contributed by atoms with Crippen molar-refractivity contribution < 1.29 is 9.21 Å². The number of benzene rings is 1. The first-order valence-electron chi connectivity index (χ1n) is 8.70. The van der Waals surface area contributed by atoms with Crippen molar-refractivity contribution in [2.24, 2.45) is 0 Å². The van der Waals surface area contributed by atoms with Gasteiger partial charge in [0, 0.05) is 37.3 Å². The molecule has 1 aromatic heterocycles. The fourth-order valence-corrected chi connectivity index (χ4v) is 3.58. The summed E-state index contributed by atoms with van der Waals surface area (Å²) in [6.45, 7) is 6.64. The first kappa shape index (κ1) is 15.2. The van der Waals surface area contributed by atoms with Gasteiger partial charge in [-0.1, -0.05) is 18.2 Å². The van der Waals surface area contributed by atoms with E-state index < -0.39 is 0 Å². The largest absolute Gasteiger partial charge is 0.447 e. The van der Waals surface area contributed by atoms with Crippen LogP contribution in [0.5, 0.6) is 0 Å². The van der Waals surface area contributed by atoms with Crippen LogP contribution in [0.4, 0.5) is 5.69 Å². The Balaban J connectivity index is 1.50. The SMILES string of the molecule is Cc1ccccc1N1CCN(C(=O)c2ncoc2C2CC2)[C@@H](C)C1. The third-order valence-corrected chi connectivity index (χ3v) is 5.09. The molecule has 2 fully saturated rings. The molecule has 0 unspecified atom stereocenters. The predicted molar refractivity (Wildman–Crippen MR) is 92.4 cm³/mol. The van der Waals surface area contributed by atoms with Gasteiger partial charge in [0.2, 0.25) is 0 Å². The highest BCUT2D eigenvalue weighted by atomic mass is 16.3. The first-order chi connectivity index (χ1) is 11.6. The highest BCUT2D eigenvalue weighted by Crippen LogP contribution is 2.41. The molecule has 5 heteroatoms. The molecule has 4 rings (SSSR count). The second-order valence-electron chi connectivity index (χ2n) is 6.92. The zero-order chi connectivity index (χ0) is 16.7. The van der Waals surface area contributed by atoms with Crippen molar-refractivity contribution in [3.05, 3.63) is 47.7 Å². The van der Waals surface area contributed by atoms with Crippen LogP contribution in [-0.2, 0) is 0 Å². The molecule has 2 heterocycles. The normalized spacial score (nSPS) is 21.2. The Morgan fingerprint density at radius 1 is 1.25 bits per heavy atom. The number of carbonyl (C=O) groups excluding carboxylic acids is 1. The second kappa shape index (κ2) is 5.96. The molecule has 2 aliphatic rings. The number of para-hydroxylation sites is 1. The van der Waals surface area contributed by atoms with E-state index in [0.29, 0.717) is 18.2 Å². The topological polar surface area (TPSA) is 49.6 Å². The summed E-state index contributed by atoms with van der Waals surface area (Å²) in [5.41, 5.74) is 3.06. The number of carbonyl (C=O) groups is 1. The lowest BCUT2D eigenvalue weighted by Gasteiger charge is -2.41. The summed E-state index contributed by atoms with van der Waals surface area (Å²) >= 11 is 0. The van der Waals surface area contributed by atoms with Crippen LogP contribution in [-0.4, -0.2) is 41.5 Å². The minimum atomic E-state index is 0.0163. The molecule has 0 bridgehead atoms. The number of hydrogen-bond donors (Lipinski definition) is 0. The Bertz CT molecular complexity index is 751. The molecule has 1 aliphatic heterocycles. The third-order valence-electron chi connectivity index (χ3n) is 5.09. The van der Waals surface area contributed by atoms with Gasteiger partial charge in [0.25, 0.3) is 5.91 Å². The van der Waals surface area contributed by atoms with E-state index in [9.17, 15) is 4.79 Å². The maximum Gasteiger partial charge on any atom is 0.276 e. The number of aromatic nitrogens is 1. The van der Waals surface area contributed by atoms with Crippen LogP contribution in [0.1, 0.15) is 47.5 Å². The molecule has 5 nitrogen and oxygen atoms in total. The fourth-order valence-electron chi connectivity index (χ4n) is 3.58. The molecular weight excluding hydrogens is 302 g/mol. The standard InChI is InChI=1S/C19H23N3O2/c1-13-5-3-4-6-16(13)21-9-10-22(14(2)11-21)19(23)17-18(15-7-8-15)24-12-20-17/h3-6,12,14-15H,7-11H2,1-2H3/t14-/m0/s1. The number of amides is 1. The average Bonchev–Trinajstić information content (AvgIpc) is 3.31. The molecule has 2 aromatic rings. The predicted octanol–water partition coefficient (Wildman–Crippen LogP) is 3.21. The fraction of sp³-hybridized carbons (Fsp3) is 0.474. The van der Waals surface area contributed by atoms with Crippen molar-refractivity contribution >= 4 is 11.6 Å². The van der Waals surface area contributed by atoms with Gasteiger partial charge in [-0.05, 0) is 38.3 Å². The summed E-state index contributed by atoms with van der Waals surface area (Å²) in [7, 11) is 0. The summed E-state index contributed by atoms with van der Waals surface area (Å²) in [5.74, 6) is 1.20. The van der Waals surface area contributed by atoms with Crippen molar-refractivity contribution in [2.45, 2.75) is 38.6 Å². The van der Waals surface area contributed by atoms with Crippen molar-refractivity contribution in [1.82, 2.24) is 9.88 Å². The van der Waals surface area contributed by atoms with Gasteiger partial charge in [-0.25, -0.2) is 4.98 Å². The Morgan fingerprint density at radius 2 is 2.04 bits per heavy atom. The molecule has 0 radical (unpaired) electrons. The van der Waals surface area contributed by atoms with Gasteiger partial charge < -0.3 is 14.2 Å². The lowest BCUT2D eigenvalue weighted by molar-refractivity contribution is 0.0666. The van der Waals surface area contributed by atoms with Crippen molar-refractivity contribution in [2.75, 3.05) is 24.5 Å². The van der Waals surface area contributed by atoms with Crippen molar-refractivity contribution in [1.29, 1.82) is 0 Å². The van der Waals surface area contributed by atoms with Gasteiger partial charge in [-0.2, -0.15) is 0 Å². The van der Waals surface area contributed by atoms with Gasteiger partial charge in [-0.15, -0.1) is 0 Å². The maximum absolute atomic E-state index is 12.9. The molecule has 1 atom stereocenters. The molecular formula is C19H23N3O2. The monoisotopic (exact) mass is 325 g/mol. The number of aryl methyl sites for hydroxylation is 1. The maximum atomic E-state index is 12.9. The van der Waals surface area contributed by atoms with Crippen LogP contribution in [0, 0.1) is 6.92 Å². The summed E-state index contributed by atoms with van der Waals surface area (Å²) in [5, 5.41) is 0. The summed E-state index contributed by atoms with van der Waals surface area (Å²) in [6.07, 6.45) is 3.62. The van der Waals surface area contributed by atoms with E-state index in [1.807, 2.05) is 4.90 Å². The number of anilines is 1. The molecule has 1 saturated heterocycles. The Morgan fingerprint density at radius 3 is 2.75 bits per heavy atom. The quantitative estimate of drug-likeness (QED) is 0.869. The van der Waals surface area contributed by atoms with Crippen molar-refractivity contribution in [3.8, 4) is 0 Å². The number of hydrogen-bond acceptors (Lipinski definition) is 4. The number of oxazole rings is 1. The van der Waals surface area contributed by atoms with Gasteiger partial charge >= 0.3 is 0 Å². The van der Waals surface area contributed by atoms with Crippen molar-refractivity contribution in [3.63, 3.8) is 0 Å². The molecule has 24 heavy (non-hydrogen) atoms. The minimum absolute atomic E-state index is 0.0163. The molecule has 1 aromatic carbocycles. The second-order valence-corrected chi connectivity index (χ2v) is 6.92. The van der Waals surface area contributed by atoms with E-state index in [0.717, 1.165) is 31.7 Å². The van der Waals surface area contributed by atoms with Gasteiger partial charge in [0.15, 0.2) is 12.1 Å². The lowest BCUT2D eigenvalue weighted by atomic mass is 10.1. The number of piperazine rings is 1. The highest BCUT2D eigenvalue weighted by molar-refractivity contribution is 5.94. The Hall–Kier alpha value is -2.30. The number of nitrogens with zero attached hydrogens (tertiary/aromatic N) is 3. The zero-order valence-corrected chi connectivity index (χ0v) is 14.2. The van der Waals surface area contributed by atoms with E-state index in [1.54, 1.807) is 0 Å². The van der Waals surface area contributed by atoms with Gasteiger partial charge in [0.05, 0.1) is 0 Å². The Kier molecular flexibility index (Phi) is 3.79. The van der Waals surface area contributed by atoms with Crippen LogP contribution in [0.25, 0.3) is 0 Å². The molecule has 0 N–H and O–H groups in total. The minimum Gasteiger partial charge on any atom is -0.447 e. The lowest BCUT2D eigenvalue weighted by Crippen LogP contribution is -2.54. The molecule has 0 spiro atoms.